The van der Waals surface area contributed by atoms with Crippen LogP contribution in [-0.2, 0) is 29.1 Å². The van der Waals surface area contributed by atoms with Crippen molar-refractivity contribution in [1.29, 1.82) is 0 Å². The zero-order chi connectivity index (χ0) is 29.8. The molecule has 2 aromatic heterocycles. The summed E-state index contributed by atoms with van der Waals surface area (Å²) in [6.07, 6.45) is 8.34. The summed E-state index contributed by atoms with van der Waals surface area (Å²) in [4.78, 5) is 30.7. The fourth-order valence-electron chi connectivity index (χ4n) is 5.70. The summed E-state index contributed by atoms with van der Waals surface area (Å²) in [7, 11) is 1.57. The van der Waals surface area contributed by atoms with E-state index in [1.807, 2.05) is 74.2 Å². The van der Waals surface area contributed by atoms with Gasteiger partial charge in [-0.2, -0.15) is 0 Å². The van der Waals surface area contributed by atoms with Crippen molar-refractivity contribution < 1.29 is 19.1 Å². The minimum Gasteiger partial charge on any atom is -0.493 e. The summed E-state index contributed by atoms with van der Waals surface area (Å²) in [5.41, 5.74) is 5.41. The number of methoxy groups -OCH3 is 1. The first-order valence-electron chi connectivity index (χ1n) is 14.5. The van der Waals surface area contributed by atoms with Gasteiger partial charge < -0.3 is 18.6 Å². The van der Waals surface area contributed by atoms with Gasteiger partial charge in [0.2, 0.25) is 0 Å². The zero-order valence-corrected chi connectivity index (χ0v) is 24.4. The monoisotopic (exact) mass is 574 g/mol. The number of para-hydroxylation sites is 1. The highest BCUT2D eigenvalue weighted by Gasteiger charge is 2.34. The predicted molar refractivity (Wildman–Crippen MR) is 167 cm³/mol. The van der Waals surface area contributed by atoms with Crippen molar-refractivity contribution in [3.8, 4) is 11.5 Å². The molecule has 0 unspecified atom stereocenters. The van der Waals surface area contributed by atoms with Gasteiger partial charge in [0.25, 0.3) is 11.8 Å². The Labute approximate surface area is 250 Å². The molecular formula is C35H34N4O4. The van der Waals surface area contributed by atoms with E-state index in [2.05, 4.69) is 31.6 Å². The van der Waals surface area contributed by atoms with Crippen LogP contribution in [-0.4, -0.2) is 39.6 Å². The molecule has 0 aliphatic carbocycles. The van der Waals surface area contributed by atoms with Gasteiger partial charge in [0.15, 0.2) is 11.5 Å². The third kappa shape index (κ3) is 5.81. The van der Waals surface area contributed by atoms with Crippen molar-refractivity contribution >= 4 is 33.9 Å². The van der Waals surface area contributed by atoms with E-state index >= 15 is 0 Å². The summed E-state index contributed by atoms with van der Waals surface area (Å²) < 4.78 is 16.0. The highest BCUT2D eigenvalue weighted by atomic mass is 16.5. The molecule has 2 amide bonds. The van der Waals surface area contributed by atoms with Crippen molar-refractivity contribution in [1.82, 2.24) is 19.4 Å². The second-order valence-corrected chi connectivity index (χ2v) is 10.7. The Morgan fingerprint density at radius 1 is 0.837 bits per heavy atom. The summed E-state index contributed by atoms with van der Waals surface area (Å²) >= 11 is 0. The number of rotatable bonds is 12. The van der Waals surface area contributed by atoms with Gasteiger partial charge >= 0.3 is 0 Å². The van der Waals surface area contributed by atoms with Crippen LogP contribution < -0.4 is 14.8 Å². The normalized spacial score (nSPS) is 13.2. The molecule has 0 fully saturated rings. The molecule has 8 nitrogen and oxygen atoms in total. The van der Waals surface area contributed by atoms with Crippen molar-refractivity contribution in [3.63, 3.8) is 0 Å². The summed E-state index contributed by atoms with van der Waals surface area (Å²) in [6.45, 7) is 4.15. The molecule has 8 heteroatoms. The molecule has 0 radical (unpaired) electrons. The molecule has 218 valence electrons. The first-order valence-corrected chi connectivity index (χ1v) is 14.5. The lowest BCUT2D eigenvalue weighted by atomic mass is 9.95. The van der Waals surface area contributed by atoms with Gasteiger partial charge in [0.1, 0.15) is 0 Å². The lowest BCUT2D eigenvalue weighted by molar-refractivity contribution is -0.122. The number of amides is 2. The maximum Gasteiger partial charge on any atom is 0.259 e. The quantitative estimate of drug-likeness (QED) is 0.150. The van der Waals surface area contributed by atoms with E-state index in [0.717, 1.165) is 54.5 Å². The van der Waals surface area contributed by atoms with Gasteiger partial charge in [-0.3, -0.25) is 14.9 Å². The molecule has 0 atom stereocenters. The Morgan fingerprint density at radius 3 is 2.40 bits per heavy atom. The van der Waals surface area contributed by atoms with Crippen LogP contribution in [0.3, 0.4) is 0 Å². The average molecular weight is 575 g/mol. The van der Waals surface area contributed by atoms with E-state index in [4.69, 9.17) is 9.47 Å². The smallest absolute Gasteiger partial charge is 0.259 e. The first kappa shape index (κ1) is 28.0. The lowest BCUT2D eigenvalue weighted by Crippen LogP contribution is -2.22. The van der Waals surface area contributed by atoms with Gasteiger partial charge in [-0.25, -0.2) is 4.98 Å². The number of imide groups is 1. The Hall–Kier alpha value is -5.11. The van der Waals surface area contributed by atoms with Crippen LogP contribution >= 0.6 is 0 Å². The average Bonchev–Trinajstić information content (AvgIpc) is 3.70. The van der Waals surface area contributed by atoms with Crippen molar-refractivity contribution in [2.24, 2.45) is 0 Å². The topological polar surface area (TPSA) is 87.4 Å². The summed E-state index contributed by atoms with van der Waals surface area (Å²) in [6, 6.07) is 23.7. The van der Waals surface area contributed by atoms with E-state index in [1.54, 1.807) is 19.2 Å². The van der Waals surface area contributed by atoms with Crippen LogP contribution in [0.15, 0.2) is 91.5 Å². The van der Waals surface area contributed by atoms with Crippen LogP contribution in [0.25, 0.3) is 22.0 Å². The van der Waals surface area contributed by atoms with Gasteiger partial charge in [-0.1, -0.05) is 54.6 Å². The fraction of sp³-hybridized carbons (Fsp3) is 0.229. The number of ether oxygens (including phenoxy) is 2. The molecule has 0 bridgehead atoms. The standard InChI is InChI=1S/C35H34N4O4/c1-24-21-36-23-39(24)18-9-17-38-22-28(27-13-6-7-14-29(27)38)33-32(34(40)37-35(33)41)26-15-16-30(31(20-26)42-2)43-19-8-12-25-10-4-3-5-11-25/h3-7,10-11,13-16,20-23H,8-9,12,17-19H2,1-2H3,(H,37,40,41). The van der Waals surface area contributed by atoms with Crippen LogP contribution in [0.4, 0.5) is 0 Å². The van der Waals surface area contributed by atoms with E-state index in [0.29, 0.717) is 34.8 Å². The maximum atomic E-state index is 13.3. The van der Waals surface area contributed by atoms with Crippen molar-refractivity contribution in [2.75, 3.05) is 13.7 Å². The number of hydrogen-bond acceptors (Lipinski definition) is 5. The van der Waals surface area contributed by atoms with E-state index in [9.17, 15) is 9.59 Å². The highest BCUT2D eigenvalue weighted by Crippen LogP contribution is 2.39. The SMILES string of the molecule is COc1cc(C2=C(c3cn(CCCn4cncc4C)c4ccccc34)C(=O)NC2=O)ccc1OCCCc1ccccc1. The number of carbonyl (C=O) groups is 2. The number of benzene rings is 3. The van der Waals surface area contributed by atoms with E-state index < -0.39 is 11.8 Å². The molecule has 5 aromatic rings. The molecule has 1 aliphatic heterocycles. The minimum atomic E-state index is -0.425. The number of fused-ring (bicyclic) bond motifs is 1. The van der Waals surface area contributed by atoms with Crippen molar-refractivity contribution in [2.45, 2.75) is 39.3 Å². The fourth-order valence-corrected chi connectivity index (χ4v) is 5.70. The Balaban J connectivity index is 1.28. The van der Waals surface area contributed by atoms with Crippen LogP contribution in [0.1, 0.15) is 35.2 Å². The third-order valence-electron chi connectivity index (χ3n) is 7.87. The Bertz CT molecular complexity index is 1820. The molecule has 6 rings (SSSR count). The van der Waals surface area contributed by atoms with Gasteiger partial charge in [0, 0.05) is 47.6 Å². The van der Waals surface area contributed by atoms with Gasteiger partial charge in [-0.05, 0) is 55.5 Å². The number of nitrogens with zero attached hydrogens (tertiary/aromatic N) is 3. The number of imidazole rings is 1. The van der Waals surface area contributed by atoms with E-state index in [-0.39, 0.29) is 0 Å². The number of nitrogens with one attached hydrogen (secondary N) is 1. The molecule has 0 saturated carbocycles. The van der Waals surface area contributed by atoms with E-state index in [1.165, 1.54) is 5.56 Å². The van der Waals surface area contributed by atoms with Crippen molar-refractivity contribution in [3.05, 3.63) is 114 Å². The number of aromatic nitrogens is 3. The minimum absolute atomic E-state index is 0.330. The van der Waals surface area contributed by atoms with Gasteiger partial charge in [0.05, 0.1) is 31.2 Å². The van der Waals surface area contributed by atoms with Gasteiger partial charge in [-0.15, -0.1) is 0 Å². The maximum absolute atomic E-state index is 13.3. The summed E-state index contributed by atoms with van der Waals surface area (Å²) in [5.74, 6) is 0.271. The molecule has 0 saturated heterocycles. The van der Waals surface area contributed by atoms with Crippen LogP contribution in [0.2, 0.25) is 0 Å². The zero-order valence-electron chi connectivity index (χ0n) is 24.4. The molecular weight excluding hydrogens is 540 g/mol. The molecule has 1 aliphatic rings. The second kappa shape index (κ2) is 12.4. The summed E-state index contributed by atoms with van der Waals surface area (Å²) in [5, 5.41) is 3.44. The third-order valence-corrected chi connectivity index (χ3v) is 7.87. The molecule has 0 spiro atoms. The predicted octanol–water partition coefficient (Wildman–Crippen LogP) is 5.82. The molecule has 1 N–H and O–H groups in total. The largest absolute Gasteiger partial charge is 0.493 e. The lowest BCUT2D eigenvalue weighted by Gasteiger charge is -2.13. The Kier molecular flexibility index (Phi) is 8.09. The molecule has 43 heavy (non-hydrogen) atoms. The number of hydrogen-bond donors (Lipinski definition) is 1. The number of carbonyl (C=O) groups excluding carboxylic acids is 2. The first-order chi connectivity index (χ1) is 21.0. The highest BCUT2D eigenvalue weighted by molar-refractivity contribution is 6.50. The molecule has 3 aromatic carbocycles. The number of aryl methyl sites for hydroxylation is 4. The second-order valence-electron chi connectivity index (χ2n) is 10.7. The van der Waals surface area contributed by atoms with Crippen LogP contribution in [0, 0.1) is 6.92 Å². The van der Waals surface area contributed by atoms with Crippen LogP contribution in [0.5, 0.6) is 11.5 Å². The molecule has 3 heterocycles. The Morgan fingerprint density at radius 2 is 1.60 bits per heavy atom.